The number of nitrogens with zero attached hydrogens (tertiary/aromatic N) is 1. The van der Waals surface area contributed by atoms with E-state index < -0.39 is 15.9 Å². The van der Waals surface area contributed by atoms with Crippen molar-refractivity contribution < 1.29 is 90.7 Å². The first kappa shape index (κ1) is 26.4. The molecule has 0 aliphatic carbocycles. The number of hydrogen-bond donors (Lipinski definition) is 4. The fourth-order valence-electron chi connectivity index (χ4n) is 0.593. The fourth-order valence-corrected chi connectivity index (χ4v) is 1.34. The monoisotopic (exact) mass is 294 g/mol. The van der Waals surface area contributed by atoms with E-state index in [1.807, 2.05) is 0 Å². The van der Waals surface area contributed by atoms with Crippen LogP contribution in [0.3, 0.4) is 0 Å². The third-order valence-electron chi connectivity index (χ3n) is 0.866. The maximum atomic E-state index is 10.3. The molecule has 4 N–H and O–H groups in total. The third-order valence-corrected chi connectivity index (χ3v) is 1.72. The maximum Gasteiger partial charge on any atom is 1.00 e. The topological polar surface area (TPSA) is 118 Å². The van der Waals surface area contributed by atoms with Gasteiger partial charge in [0.1, 0.15) is 6.29 Å². The van der Waals surface area contributed by atoms with Gasteiger partial charge in [0.25, 0.3) is 0 Å². The Morgan fingerprint density at radius 1 is 1.44 bits per heavy atom. The third kappa shape index (κ3) is 36.0. The van der Waals surface area contributed by atoms with Crippen molar-refractivity contribution in [3.63, 3.8) is 0 Å². The zero-order chi connectivity index (χ0) is 11.8. The Hall–Kier alpha value is 1.87. The minimum absolute atomic E-state index is 0. The number of rotatable bonds is 4. The molecule has 16 heavy (non-hydrogen) atoms. The molecule has 0 rings (SSSR count). The summed E-state index contributed by atoms with van der Waals surface area (Å²) in [6.45, 7) is 3.93. The molecule has 11 heteroatoms. The summed E-state index contributed by atoms with van der Waals surface area (Å²) in [4.78, 5) is 32.6. The molecule has 0 heterocycles. The van der Waals surface area contributed by atoms with Crippen LogP contribution in [0.25, 0.3) is 0 Å². The summed E-state index contributed by atoms with van der Waals surface area (Å²) in [5.41, 5.74) is 0. The molecule has 0 fully saturated rings. The van der Waals surface area contributed by atoms with Crippen molar-refractivity contribution in [2.45, 2.75) is 0 Å². The van der Waals surface area contributed by atoms with Crippen LogP contribution >= 0.6 is 15.9 Å². The Balaban J connectivity index is -0.0000000402. The van der Waals surface area contributed by atoms with Crippen molar-refractivity contribution in [3.05, 3.63) is 12.7 Å². The molecule has 0 bridgehead atoms. The first-order valence-electron chi connectivity index (χ1n) is 3.38. The van der Waals surface area contributed by atoms with Gasteiger partial charge in [-0.25, -0.2) is 0 Å². The SMILES string of the molecule is C=CCN(C)CP(=O)(O)O.O=[P+](O)O.[H-].[H-].[Na+].[Na+]. The molecule has 0 aliphatic rings. The molecule has 0 spiro atoms. The average molecular weight is 294 g/mol. The largest absolute Gasteiger partial charge is 1.00 e. The van der Waals surface area contributed by atoms with Gasteiger partial charge >= 0.3 is 75.0 Å². The van der Waals surface area contributed by atoms with Crippen molar-refractivity contribution in [1.82, 2.24) is 4.90 Å². The van der Waals surface area contributed by atoms with E-state index in [2.05, 4.69) is 6.58 Å². The van der Waals surface area contributed by atoms with E-state index in [0.717, 1.165) is 0 Å². The molecule has 0 unspecified atom stereocenters. The van der Waals surface area contributed by atoms with E-state index >= 15 is 0 Å². The maximum absolute atomic E-state index is 10.3. The van der Waals surface area contributed by atoms with Crippen LogP contribution in [0.4, 0.5) is 0 Å². The van der Waals surface area contributed by atoms with Crippen LogP contribution in [0, 0.1) is 0 Å². The van der Waals surface area contributed by atoms with E-state index in [0.29, 0.717) is 6.54 Å². The van der Waals surface area contributed by atoms with Gasteiger partial charge < -0.3 is 12.6 Å². The number of likely N-dealkylation sites (N-methyl/N-ethyl adjacent to an activating group) is 1. The molecule has 0 amide bonds. The van der Waals surface area contributed by atoms with Crippen molar-refractivity contribution >= 4 is 15.9 Å². The predicted octanol–water partition coefficient (Wildman–Crippen LogP) is -5.90. The standard InChI is InChI=1S/C5H12NO3P.2Na.HO3P.2H/c1-3-4-6(2)5-10(7,8)9;;;1-4(2)3;;/h3H,1,4-5H2,2H3,(H2,7,8,9);;;(H-,1,2,3);;/q;2*+1;;2*-1/p+1. The van der Waals surface area contributed by atoms with Crippen LogP contribution in [0.1, 0.15) is 2.85 Å². The molecule has 0 aliphatic heterocycles. The van der Waals surface area contributed by atoms with E-state index in [1.165, 1.54) is 4.90 Å². The molecular formula is C5H16NNa2O6P2+. The Morgan fingerprint density at radius 2 is 1.75 bits per heavy atom. The van der Waals surface area contributed by atoms with Crippen LogP contribution in [0.15, 0.2) is 12.7 Å². The van der Waals surface area contributed by atoms with Crippen molar-refractivity contribution in [2.24, 2.45) is 0 Å². The van der Waals surface area contributed by atoms with E-state index in [1.54, 1.807) is 13.1 Å². The van der Waals surface area contributed by atoms with Crippen LogP contribution in [-0.2, 0) is 9.13 Å². The zero-order valence-electron chi connectivity index (χ0n) is 11.6. The first-order valence-corrected chi connectivity index (χ1v) is 6.34. The Kier molecular flexibility index (Phi) is 24.7. The van der Waals surface area contributed by atoms with Crippen molar-refractivity contribution in [3.8, 4) is 0 Å². The fraction of sp³-hybridized carbons (Fsp3) is 0.600. The van der Waals surface area contributed by atoms with Crippen molar-refractivity contribution in [1.29, 1.82) is 0 Å². The van der Waals surface area contributed by atoms with Gasteiger partial charge in [0.15, 0.2) is 0 Å². The first-order chi connectivity index (χ1) is 6.19. The molecule has 0 radical (unpaired) electrons. The zero-order valence-corrected chi connectivity index (χ0v) is 15.4. The molecule has 0 aromatic rings. The molecule has 7 nitrogen and oxygen atoms in total. The van der Waals surface area contributed by atoms with Crippen LogP contribution < -0.4 is 59.1 Å². The minimum Gasteiger partial charge on any atom is -1.00 e. The Bertz CT molecular complexity index is 240. The summed E-state index contributed by atoms with van der Waals surface area (Å²) in [7, 11) is -5.12. The van der Waals surface area contributed by atoms with Gasteiger partial charge in [-0.15, -0.1) is 16.4 Å². The molecule has 0 saturated heterocycles. The summed E-state index contributed by atoms with van der Waals surface area (Å²) in [6.07, 6.45) is 1.38. The van der Waals surface area contributed by atoms with Gasteiger partial charge in [0.2, 0.25) is 0 Å². The normalized spacial score (nSPS) is 9.12. The summed E-state index contributed by atoms with van der Waals surface area (Å²) in [5, 5.41) is 0. The van der Waals surface area contributed by atoms with Gasteiger partial charge in [0.05, 0.1) is 0 Å². The summed E-state index contributed by atoms with van der Waals surface area (Å²) in [6, 6.07) is 0. The van der Waals surface area contributed by atoms with Gasteiger partial charge in [0, 0.05) is 11.1 Å². The predicted molar refractivity (Wildman–Crippen MR) is 54.0 cm³/mol. The van der Waals surface area contributed by atoms with Crippen LogP contribution in [0.5, 0.6) is 0 Å². The van der Waals surface area contributed by atoms with E-state index in [9.17, 15) is 4.57 Å². The molecule has 88 valence electrons. The van der Waals surface area contributed by atoms with E-state index in [4.69, 9.17) is 24.1 Å². The summed E-state index contributed by atoms with van der Waals surface area (Å²) in [5.74, 6) is 0. The van der Waals surface area contributed by atoms with Crippen LogP contribution in [0.2, 0.25) is 0 Å². The summed E-state index contributed by atoms with van der Waals surface area (Å²) < 4.78 is 19.0. The molecule has 0 saturated carbocycles. The second kappa shape index (κ2) is 14.9. The van der Waals surface area contributed by atoms with E-state index in [-0.39, 0.29) is 68.3 Å². The second-order valence-corrected chi connectivity index (χ2v) is 4.50. The molecular weight excluding hydrogens is 278 g/mol. The quantitative estimate of drug-likeness (QED) is 0.232. The summed E-state index contributed by atoms with van der Waals surface area (Å²) >= 11 is 0. The second-order valence-electron chi connectivity index (χ2n) is 2.39. The Labute approximate surface area is 143 Å². The van der Waals surface area contributed by atoms with Gasteiger partial charge in [-0.05, 0) is 7.05 Å². The smallest absolute Gasteiger partial charge is 1.00 e. The van der Waals surface area contributed by atoms with Gasteiger partial charge in [-0.1, -0.05) is 6.08 Å². The molecule has 0 aromatic carbocycles. The minimum atomic E-state index is -3.87. The Morgan fingerprint density at radius 3 is 1.94 bits per heavy atom. The molecule has 0 aromatic heterocycles. The van der Waals surface area contributed by atoms with Gasteiger partial charge in [-0.3, -0.25) is 9.46 Å². The van der Waals surface area contributed by atoms with Crippen LogP contribution in [-0.4, -0.2) is 44.4 Å². The molecule has 0 atom stereocenters. The average Bonchev–Trinajstić information content (AvgIpc) is 1.80. The van der Waals surface area contributed by atoms with Crippen molar-refractivity contribution in [2.75, 3.05) is 19.9 Å². The number of hydrogen-bond acceptors (Lipinski definition) is 3. The van der Waals surface area contributed by atoms with Gasteiger partial charge in [-0.2, -0.15) is 0 Å².